The van der Waals surface area contributed by atoms with E-state index >= 15 is 0 Å². The van der Waals surface area contributed by atoms with Crippen LogP contribution >= 0.6 is 34.8 Å². The number of rotatable bonds is 3. The van der Waals surface area contributed by atoms with Crippen LogP contribution < -0.4 is 14.5 Å². The monoisotopic (exact) mass is 692 g/mol. The molecule has 3 aromatic rings. The lowest BCUT2D eigenvalue weighted by molar-refractivity contribution is -0.125. The lowest BCUT2D eigenvalue weighted by Gasteiger charge is -2.51. The molecule has 3 heterocycles. The summed E-state index contributed by atoms with van der Waals surface area (Å²) < 4.78 is 19.8. The van der Waals surface area contributed by atoms with Crippen LogP contribution in [0.25, 0.3) is 0 Å². The molecule has 2 aliphatic carbocycles. The molecule has 0 bridgehead atoms. The molecule has 4 amide bonds. The highest BCUT2D eigenvalue weighted by Crippen LogP contribution is 2.65. The average molecular weight is 694 g/mol. The van der Waals surface area contributed by atoms with Gasteiger partial charge in [0.25, 0.3) is 11.8 Å². The first kappa shape index (κ1) is 30.2. The summed E-state index contributed by atoms with van der Waals surface area (Å²) in [4.78, 5) is 54.8. The van der Waals surface area contributed by atoms with Crippen LogP contribution in [0, 0.1) is 29.5 Å². The first-order valence-electron chi connectivity index (χ1n) is 15.0. The largest absolute Gasteiger partial charge is 0.508 e. The molecule has 0 aromatic heterocycles. The molecule has 238 valence electrons. The zero-order valence-corrected chi connectivity index (χ0v) is 26.6. The van der Waals surface area contributed by atoms with Gasteiger partial charge in [-0.15, -0.1) is 23.2 Å². The highest BCUT2D eigenvalue weighted by Gasteiger charge is 2.77. The summed E-state index contributed by atoms with van der Waals surface area (Å²) in [6.45, 7) is 0. The maximum absolute atomic E-state index is 14.5. The molecule has 1 N–H and O–H groups in total. The second-order valence-corrected chi connectivity index (χ2v) is 14.2. The highest BCUT2D eigenvalue weighted by molar-refractivity contribution is 6.58. The number of carbonyl (C=O) groups excluding carboxylic acids is 4. The molecule has 3 fully saturated rings. The summed E-state index contributed by atoms with van der Waals surface area (Å²) in [5.41, 5.74) is 2.19. The van der Waals surface area contributed by atoms with E-state index in [1.54, 1.807) is 36.4 Å². The molecule has 8 rings (SSSR count). The summed E-state index contributed by atoms with van der Waals surface area (Å²) in [6, 6.07) is 15.9. The van der Waals surface area contributed by atoms with Crippen LogP contribution in [0.3, 0.4) is 0 Å². The summed E-state index contributed by atoms with van der Waals surface area (Å²) in [5, 5.41) is 10.7. The van der Waals surface area contributed by atoms with Gasteiger partial charge in [-0.1, -0.05) is 23.3 Å². The molecule has 3 aromatic carbocycles. The minimum atomic E-state index is -2.08. The number of phenolic OH excluding ortho intramolecular Hbond substituents is 1. The van der Waals surface area contributed by atoms with E-state index in [-0.39, 0.29) is 36.6 Å². The van der Waals surface area contributed by atoms with Crippen molar-refractivity contribution in [3.8, 4) is 11.5 Å². The molecule has 2 saturated heterocycles. The van der Waals surface area contributed by atoms with Gasteiger partial charge in [0, 0.05) is 22.9 Å². The van der Waals surface area contributed by atoms with E-state index < -0.39 is 57.0 Å². The maximum atomic E-state index is 14.5. The molecular formula is C35H24Cl3FN2O6. The number of allylic oxidation sites excluding steroid dienone is 3. The number of alkyl halides is 2. The fourth-order valence-corrected chi connectivity index (χ4v) is 9.13. The number of fused-ring (bicyclic) bond motifs is 5. The van der Waals surface area contributed by atoms with Crippen LogP contribution in [0.4, 0.5) is 15.8 Å². The second kappa shape index (κ2) is 10.4. The van der Waals surface area contributed by atoms with Crippen molar-refractivity contribution in [2.75, 3.05) is 9.80 Å². The number of hydrogen-bond donors (Lipinski definition) is 1. The summed E-state index contributed by atoms with van der Waals surface area (Å²) in [6.07, 6.45) is 3.49. The molecule has 5 aliphatic rings. The fraction of sp³-hybridized carbons (Fsp3) is 0.257. The van der Waals surface area contributed by atoms with E-state index in [9.17, 15) is 28.7 Å². The number of aromatic hydroxyl groups is 1. The molecule has 0 unspecified atom stereocenters. The molecular weight excluding hydrogens is 670 g/mol. The first-order valence-corrected chi connectivity index (χ1v) is 16.1. The molecule has 1 saturated carbocycles. The average Bonchev–Trinajstić information content (AvgIpc) is 3.39. The van der Waals surface area contributed by atoms with Gasteiger partial charge in [-0.05, 0) is 91.1 Å². The van der Waals surface area contributed by atoms with Crippen LogP contribution in [0.15, 0.2) is 90.2 Å². The van der Waals surface area contributed by atoms with Crippen molar-refractivity contribution in [1.29, 1.82) is 0 Å². The number of hydrogen-bond acceptors (Lipinski definition) is 6. The molecule has 12 heteroatoms. The third-order valence-electron chi connectivity index (χ3n) is 10.1. The maximum Gasteiger partial charge on any atom is 0.258 e. The van der Waals surface area contributed by atoms with E-state index in [4.69, 9.17) is 39.5 Å². The van der Waals surface area contributed by atoms with E-state index in [1.807, 2.05) is 6.08 Å². The third-order valence-corrected chi connectivity index (χ3v) is 11.8. The summed E-state index contributed by atoms with van der Waals surface area (Å²) in [7, 11) is 0. The number of nitrogens with zero attached hydrogens (tertiary/aromatic N) is 2. The number of carbonyl (C=O) groups is 4. The van der Waals surface area contributed by atoms with Gasteiger partial charge in [0.05, 0.1) is 29.5 Å². The number of phenols is 1. The Labute approximate surface area is 282 Å². The lowest BCUT2D eigenvalue weighted by atomic mass is 9.56. The van der Waals surface area contributed by atoms with Gasteiger partial charge in [0.2, 0.25) is 11.8 Å². The predicted molar refractivity (Wildman–Crippen MR) is 172 cm³/mol. The van der Waals surface area contributed by atoms with Gasteiger partial charge >= 0.3 is 0 Å². The Hall–Kier alpha value is -4.18. The van der Waals surface area contributed by atoms with E-state index in [2.05, 4.69) is 0 Å². The summed E-state index contributed by atoms with van der Waals surface area (Å²) >= 11 is 20.9. The molecule has 6 atom stereocenters. The van der Waals surface area contributed by atoms with Crippen LogP contribution in [-0.4, -0.2) is 38.5 Å². The number of amides is 4. The number of imide groups is 2. The third kappa shape index (κ3) is 4.12. The van der Waals surface area contributed by atoms with Crippen molar-refractivity contribution in [3.63, 3.8) is 0 Å². The molecule has 47 heavy (non-hydrogen) atoms. The number of ether oxygens (including phenoxy) is 1. The Morgan fingerprint density at radius 3 is 2.26 bits per heavy atom. The van der Waals surface area contributed by atoms with Crippen LogP contribution in [-0.2, 0) is 25.6 Å². The summed E-state index contributed by atoms with van der Waals surface area (Å²) in [5.74, 6) is -5.89. The van der Waals surface area contributed by atoms with E-state index in [0.29, 0.717) is 33.2 Å². The van der Waals surface area contributed by atoms with E-state index in [0.717, 1.165) is 21.9 Å². The van der Waals surface area contributed by atoms with Crippen LogP contribution in [0.5, 0.6) is 11.5 Å². The van der Waals surface area contributed by atoms with Gasteiger partial charge in [-0.2, -0.15) is 0 Å². The van der Waals surface area contributed by atoms with Crippen molar-refractivity contribution in [1.82, 2.24) is 0 Å². The molecule has 8 nitrogen and oxygen atoms in total. The molecule has 0 radical (unpaired) electrons. The zero-order chi connectivity index (χ0) is 33.0. The number of anilines is 2. The van der Waals surface area contributed by atoms with Crippen molar-refractivity contribution in [3.05, 3.63) is 107 Å². The zero-order valence-electron chi connectivity index (χ0n) is 24.3. The normalized spacial score (nSPS) is 31.1. The Kier molecular flexibility index (Phi) is 6.68. The quantitative estimate of drug-likeness (QED) is 0.196. The first-order chi connectivity index (χ1) is 22.4. The van der Waals surface area contributed by atoms with Gasteiger partial charge in [-0.25, -0.2) is 9.29 Å². The van der Waals surface area contributed by atoms with Gasteiger partial charge < -0.3 is 9.84 Å². The predicted octanol–water partition coefficient (Wildman–Crippen LogP) is 6.30. The van der Waals surface area contributed by atoms with Crippen molar-refractivity contribution in [2.45, 2.75) is 29.0 Å². The van der Waals surface area contributed by atoms with Gasteiger partial charge in [0.1, 0.15) is 17.3 Å². The number of halogens is 4. The highest BCUT2D eigenvalue weighted by atomic mass is 35.5. The Morgan fingerprint density at radius 2 is 1.53 bits per heavy atom. The van der Waals surface area contributed by atoms with Gasteiger partial charge in [0.15, 0.2) is 9.75 Å². The van der Waals surface area contributed by atoms with Crippen LogP contribution in [0.2, 0.25) is 5.02 Å². The van der Waals surface area contributed by atoms with Gasteiger partial charge in [-0.3, -0.25) is 24.1 Å². The molecule has 0 spiro atoms. The lowest BCUT2D eigenvalue weighted by Crippen LogP contribution is -2.61. The minimum Gasteiger partial charge on any atom is -0.508 e. The number of benzene rings is 3. The fourth-order valence-electron chi connectivity index (χ4n) is 8.05. The Bertz CT molecular complexity index is 1980. The molecule has 3 aliphatic heterocycles. The van der Waals surface area contributed by atoms with Crippen molar-refractivity contribution in [2.24, 2.45) is 23.7 Å². The topological polar surface area (TPSA) is 104 Å². The van der Waals surface area contributed by atoms with Crippen molar-refractivity contribution < 1.29 is 33.4 Å². The Morgan fingerprint density at radius 1 is 0.851 bits per heavy atom. The van der Waals surface area contributed by atoms with E-state index in [1.165, 1.54) is 24.5 Å². The van der Waals surface area contributed by atoms with Crippen molar-refractivity contribution >= 4 is 69.8 Å². The minimum absolute atomic E-state index is 0.00841. The Balaban J connectivity index is 1.28. The van der Waals surface area contributed by atoms with Crippen LogP contribution in [0.1, 0.15) is 18.4 Å². The SMILES string of the molecule is O=C1[C@H]2[C@H](CC=C3[C@H](C4=COc5ccc(O)cc5C4)[C@]4(Cl)C(=O)N(c5ccc(F)cc5)C(=O)[C@]4(Cl)C[C@H]32)C(=O)N1c1ccc(Cl)cc1. The second-order valence-electron chi connectivity index (χ2n) is 12.5. The smallest absolute Gasteiger partial charge is 0.258 e. The standard InChI is InChI=1S/C35H24Cl3FN2O6/c36-19-1-5-21(6-2-19)40-30(43)25-11-10-24-26(28(25)31(40)44)15-34(37)32(45)41(22-7-3-20(39)4-8-22)33(46)35(34,38)29(24)18-13-17-14-23(42)9-12-27(17)47-16-18/h1-10,12,14,16,25-26,28-29,42H,11,13,15H2/t25-,26+,28-,29-,34+,35-/m0/s1.